The van der Waals surface area contributed by atoms with E-state index >= 15 is 0 Å². The van der Waals surface area contributed by atoms with Crippen LogP contribution in [0.2, 0.25) is 0 Å². The van der Waals surface area contributed by atoms with E-state index in [4.69, 9.17) is 5.11 Å². The maximum Gasteiger partial charge on any atom is 0.303 e. The molecule has 70 valence electrons. The second-order valence-corrected chi connectivity index (χ2v) is 3.68. The highest BCUT2D eigenvalue weighted by Crippen LogP contribution is 2.21. The Balaban J connectivity index is 3.68. The zero-order valence-corrected chi connectivity index (χ0v) is 8.13. The lowest BCUT2D eigenvalue weighted by Gasteiger charge is -2.16. The molecule has 0 amide bonds. The molecule has 0 aromatic rings. The molecular weight excluding hydrogens is 152 g/mol. The monoisotopic (exact) mass is 170 g/mol. The molecule has 0 atom stereocenters. The van der Waals surface area contributed by atoms with Gasteiger partial charge in [0.1, 0.15) is 0 Å². The molecule has 0 fully saturated rings. The Bertz CT molecular complexity index is 169. The summed E-state index contributed by atoms with van der Waals surface area (Å²) in [5, 5.41) is 8.37. The van der Waals surface area contributed by atoms with Gasteiger partial charge in [-0.1, -0.05) is 32.9 Å². The first-order valence-electron chi connectivity index (χ1n) is 4.37. The van der Waals surface area contributed by atoms with Crippen LogP contribution in [-0.2, 0) is 4.79 Å². The molecule has 2 nitrogen and oxygen atoms in total. The summed E-state index contributed by atoms with van der Waals surface area (Å²) in [6.07, 6.45) is 6.00. The van der Waals surface area contributed by atoms with Gasteiger partial charge >= 0.3 is 5.97 Å². The lowest BCUT2D eigenvalue weighted by atomic mass is 9.90. The van der Waals surface area contributed by atoms with Gasteiger partial charge in [0.05, 0.1) is 0 Å². The van der Waals surface area contributed by atoms with Gasteiger partial charge in [-0.2, -0.15) is 0 Å². The molecular formula is C10H18O2. The van der Waals surface area contributed by atoms with E-state index in [1.54, 1.807) is 0 Å². The number of hydrogen-bond acceptors (Lipinski definition) is 1. The molecule has 0 saturated heterocycles. The Labute approximate surface area is 74.3 Å². The van der Waals surface area contributed by atoms with Crippen LogP contribution in [0, 0.1) is 5.41 Å². The van der Waals surface area contributed by atoms with E-state index in [1.807, 2.05) is 6.08 Å². The first-order valence-corrected chi connectivity index (χ1v) is 4.37. The molecule has 12 heavy (non-hydrogen) atoms. The van der Waals surface area contributed by atoms with Crippen molar-refractivity contribution in [1.82, 2.24) is 0 Å². The number of aliphatic carboxylic acids is 1. The lowest BCUT2D eigenvalue weighted by Crippen LogP contribution is -2.04. The fraction of sp³-hybridized carbons (Fsp3) is 0.700. The van der Waals surface area contributed by atoms with E-state index in [0.29, 0.717) is 6.42 Å². The van der Waals surface area contributed by atoms with Crippen LogP contribution < -0.4 is 0 Å². The average Bonchev–Trinajstić information content (AvgIpc) is 1.98. The lowest BCUT2D eigenvalue weighted by molar-refractivity contribution is -0.136. The maximum absolute atomic E-state index is 10.2. The van der Waals surface area contributed by atoms with Crippen LogP contribution in [0.1, 0.15) is 40.0 Å². The zero-order valence-electron chi connectivity index (χ0n) is 8.13. The summed E-state index contributed by atoms with van der Waals surface area (Å²) >= 11 is 0. The van der Waals surface area contributed by atoms with Crippen LogP contribution in [0.3, 0.4) is 0 Å². The number of carboxylic acids is 1. The van der Waals surface area contributed by atoms with Crippen molar-refractivity contribution in [1.29, 1.82) is 0 Å². The molecule has 0 aromatic carbocycles. The Morgan fingerprint density at radius 3 is 2.50 bits per heavy atom. The van der Waals surface area contributed by atoms with E-state index < -0.39 is 5.97 Å². The SMILES string of the molecule is CCC(C)(C)/C=C/CCC(=O)O. The number of allylic oxidation sites excluding steroid dienone is 2. The quantitative estimate of drug-likeness (QED) is 0.644. The van der Waals surface area contributed by atoms with E-state index in [9.17, 15) is 4.79 Å². The van der Waals surface area contributed by atoms with Crippen molar-refractivity contribution in [2.45, 2.75) is 40.0 Å². The van der Waals surface area contributed by atoms with Crippen molar-refractivity contribution in [2.24, 2.45) is 5.41 Å². The fourth-order valence-electron chi connectivity index (χ4n) is 0.727. The number of rotatable bonds is 5. The van der Waals surface area contributed by atoms with Gasteiger partial charge in [-0.15, -0.1) is 0 Å². The number of carbonyl (C=O) groups is 1. The predicted molar refractivity (Wildman–Crippen MR) is 50.1 cm³/mol. The summed E-state index contributed by atoms with van der Waals surface area (Å²) in [5.41, 5.74) is 0.207. The second kappa shape index (κ2) is 4.96. The highest BCUT2D eigenvalue weighted by molar-refractivity contribution is 5.66. The minimum absolute atomic E-state index is 0.207. The molecule has 0 radical (unpaired) electrons. The van der Waals surface area contributed by atoms with E-state index in [0.717, 1.165) is 6.42 Å². The molecule has 0 spiro atoms. The van der Waals surface area contributed by atoms with Crippen molar-refractivity contribution < 1.29 is 9.90 Å². The maximum atomic E-state index is 10.2. The van der Waals surface area contributed by atoms with Gasteiger partial charge in [-0.3, -0.25) is 4.79 Å². The summed E-state index contributed by atoms with van der Waals surface area (Å²) in [7, 11) is 0. The van der Waals surface area contributed by atoms with Gasteiger partial charge in [-0.25, -0.2) is 0 Å². The Hall–Kier alpha value is -0.790. The normalized spacial score (nSPS) is 12.2. The highest BCUT2D eigenvalue weighted by Gasteiger charge is 2.08. The van der Waals surface area contributed by atoms with Gasteiger partial charge in [0.15, 0.2) is 0 Å². The molecule has 0 heterocycles. The van der Waals surface area contributed by atoms with Gasteiger partial charge in [0.2, 0.25) is 0 Å². The Kier molecular flexibility index (Phi) is 4.64. The molecule has 0 rings (SSSR count). The van der Waals surface area contributed by atoms with Crippen LogP contribution in [0.25, 0.3) is 0 Å². The summed E-state index contributed by atoms with van der Waals surface area (Å²) in [6, 6.07) is 0. The molecule has 0 aliphatic heterocycles. The second-order valence-electron chi connectivity index (χ2n) is 3.68. The minimum atomic E-state index is -0.728. The van der Waals surface area contributed by atoms with Gasteiger partial charge in [0.25, 0.3) is 0 Å². The number of carboxylic acid groups (broad SMARTS) is 1. The summed E-state index contributed by atoms with van der Waals surface area (Å²) in [4.78, 5) is 10.2. The van der Waals surface area contributed by atoms with Crippen LogP contribution in [0.15, 0.2) is 12.2 Å². The number of hydrogen-bond donors (Lipinski definition) is 1. The van der Waals surface area contributed by atoms with Gasteiger partial charge in [-0.05, 0) is 18.3 Å². The predicted octanol–water partition coefficient (Wildman–Crippen LogP) is 2.84. The van der Waals surface area contributed by atoms with E-state index in [2.05, 4.69) is 26.8 Å². The van der Waals surface area contributed by atoms with Crippen molar-refractivity contribution in [3.63, 3.8) is 0 Å². The topological polar surface area (TPSA) is 37.3 Å². The first kappa shape index (κ1) is 11.2. The van der Waals surface area contributed by atoms with Crippen LogP contribution >= 0.6 is 0 Å². The van der Waals surface area contributed by atoms with Crippen LogP contribution in [0.5, 0.6) is 0 Å². The molecule has 2 heteroatoms. The van der Waals surface area contributed by atoms with E-state index in [-0.39, 0.29) is 11.8 Å². The van der Waals surface area contributed by atoms with Gasteiger partial charge < -0.3 is 5.11 Å². The summed E-state index contributed by atoms with van der Waals surface area (Å²) < 4.78 is 0. The highest BCUT2D eigenvalue weighted by atomic mass is 16.4. The summed E-state index contributed by atoms with van der Waals surface area (Å²) in [6.45, 7) is 6.41. The Morgan fingerprint density at radius 2 is 2.08 bits per heavy atom. The van der Waals surface area contributed by atoms with Crippen LogP contribution in [-0.4, -0.2) is 11.1 Å². The molecule has 0 aliphatic carbocycles. The molecule has 1 N–H and O–H groups in total. The molecule has 0 saturated carbocycles. The van der Waals surface area contributed by atoms with Crippen molar-refractivity contribution in [3.05, 3.63) is 12.2 Å². The molecule has 0 aliphatic rings. The molecule has 0 unspecified atom stereocenters. The fourth-order valence-corrected chi connectivity index (χ4v) is 0.727. The van der Waals surface area contributed by atoms with Crippen molar-refractivity contribution in [2.75, 3.05) is 0 Å². The summed E-state index contributed by atoms with van der Waals surface area (Å²) in [5.74, 6) is -0.728. The zero-order chi connectivity index (χ0) is 9.61. The van der Waals surface area contributed by atoms with Gasteiger partial charge in [0, 0.05) is 6.42 Å². The average molecular weight is 170 g/mol. The molecule has 0 bridgehead atoms. The Morgan fingerprint density at radius 1 is 1.50 bits per heavy atom. The third-order valence-corrected chi connectivity index (χ3v) is 2.01. The van der Waals surface area contributed by atoms with E-state index in [1.165, 1.54) is 0 Å². The first-order chi connectivity index (χ1) is 5.48. The largest absolute Gasteiger partial charge is 0.481 e. The third-order valence-electron chi connectivity index (χ3n) is 2.01. The molecule has 0 aromatic heterocycles. The van der Waals surface area contributed by atoms with Crippen molar-refractivity contribution in [3.8, 4) is 0 Å². The smallest absolute Gasteiger partial charge is 0.303 e. The van der Waals surface area contributed by atoms with Crippen molar-refractivity contribution >= 4 is 5.97 Å². The van der Waals surface area contributed by atoms with Crippen LogP contribution in [0.4, 0.5) is 0 Å². The minimum Gasteiger partial charge on any atom is -0.481 e. The standard InChI is InChI=1S/C10H18O2/c1-4-10(2,3)8-6-5-7-9(11)12/h6,8H,4-5,7H2,1-3H3,(H,11,12)/b8-6+. The third kappa shape index (κ3) is 5.96.